The standard InChI is InChI=1S/C27H31ClN2O5S/c1-17(23-13-18-6-7-20(23)12-18)29-26(31)16-35-27(32)24-14-22(8-9-25(24)28)36(33,34)30-11-10-19-4-2-3-5-21(19)15-30/h2-5,8-9,14,17-18,20,23H,6-7,10-13,15-16H2,1H3,(H,29,31). The lowest BCUT2D eigenvalue weighted by Gasteiger charge is -2.28. The molecule has 2 saturated carbocycles. The average Bonchev–Trinajstić information content (AvgIpc) is 3.51. The molecular weight excluding hydrogens is 500 g/mol. The smallest absolute Gasteiger partial charge is 0.340 e. The number of carbonyl (C=O) groups excluding carboxylic acids is 2. The predicted molar refractivity (Wildman–Crippen MR) is 136 cm³/mol. The Bertz CT molecular complexity index is 1280. The highest BCUT2D eigenvalue weighted by molar-refractivity contribution is 7.89. The van der Waals surface area contributed by atoms with Crippen LogP contribution in [0.3, 0.4) is 0 Å². The second-order valence-corrected chi connectivity index (χ2v) is 12.6. The monoisotopic (exact) mass is 530 g/mol. The maximum absolute atomic E-state index is 13.3. The SMILES string of the molecule is CC(NC(=O)COC(=O)c1cc(S(=O)(=O)N2CCc3ccccc3C2)ccc1Cl)C1CC2CCC1C2. The number of halogens is 1. The number of sulfonamides is 1. The second-order valence-electron chi connectivity index (χ2n) is 10.3. The first-order valence-corrected chi connectivity index (χ1v) is 14.4. The lowest BCUT2D eigenvalue weighted by Crippen LogP contribution is -2.42. The van der Waals surface area contributed by atoms with Crippen LogP contribution in [0.25, 0.3) is 0 Å². The molecule has 4 unspecified atom stereocenters. The van der Waals surface area contributed by atoms with Crippen LogP contribution in [0.4, 0.5) is 0 Å². The van der Waals surface area contributed by atoms with Crippen molar-refractivity contribution in [2.24, 2.45) is 17.8 Å². The van der Waals surface area contributed by atoms with E-state index < -0.39 is 22.6 Å². The summed E-state index contributed by atoms with van der Waals surface area (Å²) < 4.78 is 33.2. The molecule has 1 amide bonds. The van der Waals surface area contributed by atoms with Gasteiger partial charge in [-0.15, -0.1) is 0 Å². The van der Waals surface area contributed by atoms with E-state index in [2.05, 4.69) is 5.32 Å². The van der Waals surface area contributed by atoms with Crippen LogP contribution >= 0.6 is 11.6 Å². The van der Waals surface area contributed by atoms with Gasteiger partial charge in [-0.1, -0.05) is 42.3 Å². The zero-order chi connectivity index (χ0) is 25.4. The summed E-state index contributed by atoms with van der Waals surface area (Å²) in [5.74, 6) is 0.725. The fourth-order valence-corrected chi connectivity index (χ4v) is 7.80. The molecule has 5 rings (SSSR count). The molecule has 3 aliphatic rings. The van der Waals surface area contributed by atoms with Gasteiger partial charge in [0, 0.05) is 19.1 Å². The van der Waals surface area contributed by atoms with Gasteiger partial charge in [-0.2, -0.15) is 4.31 Å². The fraction of sp³-hybridized carbons (Fsp3) is 0.481. The van der Waals surface area contributed by atoms with E-state index >= 15 is 0 Å². The quantitative estimate of drug-likeness (QED) is 0.542. The van der Waals surface area contributed by atoms with Crippen molar-refractivity contribution < 1.29 is 22.7 Å². The Hall–Kier alpha value is -2.42. The van der Waals surface area contributed by atoms with Crippen LogP contribution in [-0.4, -0.2) is 43.8 Å². The fourth-order valence-electron chi connectivity index (χ4n) is 6.16. The molecule has 7 nitrogen and oxygen atoms in total. The molecule has 36 heavy (non-hydrogen) atoms. The lowest BCUT2D eigenvalue weighted by molar-refractivity contribution is -0.125. The van der Waals surface area contributed by atoms with Crippen LogP contribution in [0.2, 0.25) is 5.02 Å². The Morgan fingerprint density at radius 2 is 1.92 bits per heavy atom. The van der Waals surface area contributed by atoms with E-state index in [-0.39, 0.29) is 34.0 Å². The third kappa shape index (κ3) is 5.04. The van der Waals surface area contributed by atoms with Crippen molar-refractivity contribution in [3.8, 4) is 0 Å². The number of rotatable bonds is 7. The van der Waals surface area contributed by atoms with Gasteiger partial charge in [-0.25, -0.2) is 13.2 Å². The molecule has 4 atom stereocenters. The van der Waals surface area contributed by atoms with E-state index in [0.29, 0.717) is 24.8 Å². The van der Waals surface area contributed by atoms with Crippen molar-refractivity contribution in [2.45, 2.75) is 56.5 Å². The number of carbonyl (C=O) groups is 2. The highest BCUT2D eigenvalue weighted by Crippen LogP contribution is 2.49. The lowest BCUT2D eigenvalue weighted by atomic mass is 9.84. The molecule has 0 spiro atoms. The predicted octanol–water partition coefficient (Wildman–Crippen LogP) is 4.18. The molecule has 9 heteroatoms. The summed E-state index contributed by atoms with van der Waals surface area (Å²) in [6.07, 6.45) is 5.53. The van der Waals surface area contributed by atoms with E-state index in [9.17, 15) is 18.0 Å². The Morgan fingerprint density at radius 3 is 2.64 bits per heavy atom. The summed E-state index contributed by atoms with van der Waals surface area (Å²) in [4.78, 5) is 25.2. The van der Waals surface area contributed by atoms with E-state index in [1.165, 1.54) is 41.8 Å². The largest absolute Gasteiger partial charge is 0.452 e. The number of nitrogens with one attached hydrogen (secondary N) is 1. The minimum atomic E-state index is -3.85. The van der Waals surface area contributed by atoms with E-state index in [1.54, 1.807) is 0 Å². The normalized spacial score (nSPS) is 24.2. The van der Waals surface area contributed by atoms with Crippen LogP contribution in [0.1, 0.15) is 54.1 Å². The topological polar surface area (TPSA) is 92.8 Å². The number of hydrogen-bond donors (Lipinski definition) is 1. The van der Waals surface area contributed by atoms with Gasteiger partial charge in [0.05, 0.1) is 15.5 Å². The van der Waals surface area contributed by atoms with Gasteiger partial charge in [-0.3, -0.25) is 4.79 Å². The molecule has 2 bridgehead atoms. The number of amides is 1. The van der Waals surface area contributed by atoms with Gasteiger partial charge in [-0.05, 0) is 79.7 Å². The maximum Gasteiger partial charge on any atom is 0.340 e. The van der Waals surface area contributed by atoms with E-state index in [1.807, 2.05) is 31.2 Å². The molecule has 0 saturated heterocycles. The number of benzene rings is 2. The Labute approximate surface area is 217 Å². The second kappa shape index (κ2) is 10.1. The highest BCUT2D eigenvalue weighted by atomic mass is 35.5. The molecule has 0 aromatic heterocycles. The minimum absolute atomic E-state index is 0.0261. The maximum atomic E-state index is 13.3. The van der Waals surface area contributed by atoms with Gasteiger partial charge in [0.2, 0.25) is 10.0 Å². The number of nitrogens with zero attached hydrogens (tertiary/aromatic N) is 1. The van der Waals surface area contributed by atoms with Gasteiger partial charge in [0.15, 0.2) is 6.61 Å². The van der Waals surface area contributed by atoms with Gasteiger partial charge in [0.25, 0.3) is 5.91 Å². The summed E-state index contributed by atoms with van der Waals surface area (Å²) >= 11 is 6.21. The van der Waals surface area contributed by atoms with Gasteiger partial charge >= 0.3 is 5.97 Å². The van der Waals surface area contributed by atoms with Crippen molar-refractivity contribution >= 4 is 33.5 Å². The molecule has 1 heterocycles. The van der Waals surface area contributed by atoms with Crippen LogP contribution in [0, 0.1) is 17.8 Å². The van der Waals surface area contributed by atoms with Crippen LogP contribution in [0.15, 0.2) is 47.4 Å². The van der Waals surface area contributed by atoms with Crippen molar-refractivity contribution in [2.75, 3.05) is 13.2 Å². The summed E-state index contributed by atoms with van der Waals surface area (Å²) in [6.45, 7) is 2.18. The Kier molecular flexibility index (Phi) is 7.12. The summed E-state index contributed by atoms with van der Waals surface area (Å²) in [6, 6.07) is 11.8. The van der Waals surface area contributed by atoms with Crippen LogP contribution in [-0.2, 0) is 32.5 Å². The number of ether oxygens (including phenoxy) is 1. The average molecular weight is 531 g/mol. The minimum Gasteiger partial charge on any atom is -0.452 e. The van der Waals surface area contributed by atoms with Crippen molar-refractivity contribution in [3.63, 3.8) is 0 Å². The molecule has 2 aromatic rings. The van der Waals surface area contributed by atoms with E-state index in [4.69, 9.17) is 16.3 Å². The number of hydrogen-bond acceptors (Lipinski definition) is 5. The number of esters is 1. The number of fused-ring (bicyclic) bond motifs is 3. The van der Waals surface area contributed by atoms with Crippen LogP contribution in [0.5, 0.6) is 0 Å². The van der Waals surface area contributed by atoms with Crippen molar-refractivity contribution in [3.05, 3.63) is 64.2 Å². The van der Waals surface area contributed by atoms with Gasteiger partial charge in [0.1, 0.15) is 0 Å². The summed E-state index contributed by atoms with van der Waals surface area (Å²) in [5, 5.41) is 3.03. The highest BCUT2D eigenvalue weighted by Gasteiger charge is 2.42. The molecule has 2 aliphatic carbocycles. The molecule has 2 aromatic carbocycles. The third-order valence-electron chi connectivity index (χ3n) is 8.05. The van der Waals surface area contributed by atoms with E-state index in [0.717, 1.165) is 23.5 Å². The zero-order valence-corrected chi connectivity index (χ0v) is 21.9. The molecule has 192 valence electrons. The summed E-state index contributed by atoms with van der Waals surface area (Å²) in [7, 11) is -3.85. The first-order chi connectivity index (χ1) is 17.2. The molecule has 1 aliphatic heterocycles. The Balaban J connectivity index is 1.22. The summed E-state index contributed by atoms with van der Waals surface area (Å²) in [5.41, 5.74) is 2.02. The first kappa shape index (κ1) is 25.2. The third-order valence-corrected chi connectivity index (χ3v) is 10.2. The molecular formula is C27H31ClN2O5S. The first-order valence-electron chi connectivity index (χ1n) is 12.6. The molecule has 0 radical (unpaired) electrons. The van der Waals surface area contributed by atoms with Gasteiger partial charge < -0.3 is 10.1 Å². The zero-order valence-electron chi connectivity index (χ0n) is 20.3. The Morgan fingerprint density at radius 1 is 1.14 bits per heavy atom. The molecule has 2 fully saturated rings. The van der Waals surface area contributed by atoms with Crippen LogP contribution < -0.4 is 5.32 Å². The molecule has 1 N–H and O–H groups in total. The van der Waals surface area contributed by atoms with Crippen molar-refractivity contribution in [1.29, 1.82) is 0 Å². The van der Waals surface area contributed by atoms with Crippen molar-refractivity contribution in [1.82, 2.24) is 9.62 Å².